The lowest BCUT2D eigenvalue weighted by molar-refractivity contribution is 0.418. The van der Waals surface area contributed by atoms with Gasteiger partial charge in [0.15, 0.2) is 0 Å². The molecule has 2 aromatic heterocycles. The first-order chi connectivity index (χ1) is 34.2. The zero-order valence-electron chi connectivity index (χ0n) is 39.2. The first-order valence-electron chi connectivity index (χ1n) is 24.2. The summed E-state index contributed by atoms with van der Waals surface area (Å²) in [6, 6.07) is 76.4. The Balaban J connectivity index is 1.13. The number of ether oxygens (including phenoxy) is 2. The Kier molecular flexibility index (Phi) is 8.05. The molecule has 1 aliphatic carbocycles. The minimum atomic E-state index is -0.788. The van der Waals surface area contributed by atoms with Crippen LogP contribution in [-0.4, -0.2) is 0 Å². The summed E-state index contributed by atoms with van der Waals surface area (Å²) < 4.78 is 14.1. The fourth-order valence-electron chi connectivity index (χ4n) is 13.2. The van der Waals surface area contributed by atoms with Gasteiger partial charge in [0.05, 0.1) is 33.6 Å². The van der Waals surface area contributed by atoms with Crippen LogP contribution in [0.4, 0.5) is 32.8 Å². The second-order valence-electron chi connectivity index (χ2n) is 20.3. The molecule has 2 spiro atoms. The molecule has 336 valence electrons. The Morgan fingerprint density at radius 1 is 0.300 bits per heavy atom. The lowest BCUT2D eigenvalue weighted by Gasteiger charge is -2.50. The van der Waals surface area contributed by atoms with E-state index in [1.807, 2.05) is 22.7 Å². The lowest BCUT2D eigenvalue weighted by Crippen LogP contribution is -2.45. The Morgan fingerprint density at radius 3 is 0.829 bits per heavy atom. The van der Waals surface area contributed by atoms with E-state index in [0.29, 0.717) is 0 Å². The number of fused-ring (bicyclic) bond motifs is 18. The first kappa shape index (κ1) is 40.3. The molecule has 4 aliphatic heterocycles. The summed E-state index contributed by atoms with van der Waals surface area (Å²) in [4.78, 5) is 7.65. The third-order valence-corrected chi connectivity index (χ3v) is 18.7. The van der Waals surface area contributed by atoms with E-state index in [-0.39, 0.29) is 10.8 Å². The van der Waals surface area contributed by atoms with Crippen LogP contribution in [0.2, 0.25) is 0 Å². The van der Waals surface area contributed by atoms with Crippen molar-refractivity contribution in [2.75, 3.05) is 9.80 Å². The molecule has 15 rings (SSSR count). The van der Waals surface area contributed by atoms with Crippen LogP contribution in [0.1, 0.15) is 93.1 Å². The van der Waals surface area contributed by atoms with Crippen LogP contribution < -0.4 is 19.3 Å². The molecule has 5 aliphatic rings. The molecule has 0 fully saturated rings. The number of rotatable bonds is 2. The molecule has 0 N–H and O–H groups in total. The molecule has 70 heavy (non-hydrogen) atoms. The topological polar surface area (TPSA) is 24.9 Å². The SMILES string of the molecule is CC1(C)c2ccccc2N(c2cc3c(s2)C2(c4ccccc4Oc4ccccc42)c2cc(N4c5ccccc5C(C)(C)c5ccccc54)sc2C32c3ccccc3Oc3ccccc32)c2ccccc21. The monoisotopic (exact) mass is 938 g/mol. The average Bonchev–Trinajstić information content (AvgIpc) is 4.05. The summed E-state index contributed by atoms with van der Waals surface area (Å²) in [6.07, 6.45) is 0. The van der Waals surface area contributed by atoms with Gasteiger partial charge in [0.1, 0.15) is 33.0 Å². The van der Waals surface area contributed by atoms with E-state index in [9.17, 15) is 0 Å². The van der Waals surface area contributed by atoms with Gasteiger partial charge < -0.3 is 19.3 Å². The van der Waals surface area contributed by atoms with Crippen LogP contribution in [0.25, 0.3) is 0 Å². The minimum absolute atomic E-state index is 0.207. The normalized spacial score (nSPS) is 16.9. The van der Waals surface area contributed by atoms with E-state index in [0.717, 1.165) is 45.3 Å². The van der Waals surface area contributed by atoms with Crippen molar-refractivity contribution in [3.05, 3.63) is 272 Å². The molecular formula is C64H46N2O2S2. The van der Waals surface area contributed by atoms with Crippen molar-refractivity contribution < 1.29 is 9.47 Å². The van der Waals surface area contributed by atoms with Gasteiger partial charge in [-0.25, -0.2) is 0 Å². The highest BCUT2D eigenvalue weighted by Gasteiger charge is 2.61. The summed E-state index contributed by atoms with van der Waals surface area (Å²) in [6.45, 7) is 9.47. The molecule has 0 saturated carbocycles. The van der Waals surface area contributed by atoms with Crippen molar-refractivity contribution in [1.29, 1.82) is 0 Å². The molecule has 6 heteroatoms. The molecule has 4 nitrogen and oxygen atoms in total. The second kappa shape index (κ2) is 14.0. The van der Waals surface area contributed by atoms with Crippen LogP contribution in [-0.2, 0) is 21.7 Å². The fourth-order valence-corrected chi connectivity index (χ4v) is 16.2. The Morgan fingerprint density at radius 2 is 0.543 bits per heavy atom. The molecule has 0 amide bonds. The van der Waals surface area contributed by atoms with E-state index in [1.54, 1.807) is 0 Å². The number of thiophene rings is 2. The van der Waals surface area contributed by atoms with Gasteiger partial charge in [-0.1, -0.05) is 173 Å². The third-order valence-electron chi connectivity index (χ3n) is 16.2. The van der Waals surface area contributed by atoms with Gasteiger partial charge in [0.2, 0.25) is 0 Å². The van der Waals surface area contributed by atoms with E-state index < -0.39 is 10.8 Å². The summed E-state index contributed by atoms with van der Waals surface area (Å²) in [5.74, 6) is 3.48. The molecule has 8 aromatic carbocycles. The van der Waals surface area contributed by atoms with E-state index in [2.05, 4.69) is 244 Å². The maximum absolute atomic E-state index is 7.03. The van der Waals surface area contributed by atoms with Gasteiger partial charge in [0.25, 0.3) is 0 Å². The number of anilines is 6. The Bertz CT molecular complexity index is 3370. The van der Waals surface area contributed by atoms with E-state index >= 15 is 0 Å². The van der Waals surface area contributed by atoms with Crippen LogP contribution in [0.15, 0.2) is 206 Å². The first-order valence-corrected chi connectivity index (χ1v) is 25.9. The van der Waals surface area contributed by atoms with E-state index in [1.165, 1.54) is 75.9 Å². The van der Waals surface area contributed by atoms with Crippen molar-refractivity contribution in [2.45, 2.75) is 49.4 Å². The zero-order chi connectivity index (χ0) is 46.7. The molecule has 0 saturated heterocycles. The molecule has 0 unspecified atom stereocenters. The molecule has 0 radical (unpaired) electrons. The Labute approximate surface area is 416 Å². The second-order valence-corrected chi connectivity index (χ2v) is 22.4. The van der Waals surface area contributed by atoms with Crippen molar-refractivity contribution in [3.63, 3.8) is 0 Å². The van der Waals surface area contributed by atoms with E-state index in [4.69, 9.17) is 9.47 Å². The highest BCUT2D eigenvalue weighted by atomic mass is 32.1. The predicted molar refractivity (Wildman–Crippen MR) is 286 cm³/mol. The highest BCUT2D eigenvalue weighted by Crippen LogP contribution is 2.72. The number of nitrogens with zero attached hydrogens (tertiary/aromatic N) is 2. The molecule has 10 aromatic rings. The number of benzene rings is 8. The minimum Gasteiger partial charge on any atom is -0.457 e. The summed E-state index contributed by atoms with van der Waals surface area (Å²) in [5.41, 5.74) is 15.1. The number of hydrogen-bond donors (Lipinski definition) is 0. The lowest BCUT2D eigenvalue weighted by atomic mass is 9.54. The summed E-state index contributed by atoms with van der Waals surface area (Å²) in [5, 5.41) is 2.33. The molecular weight excluding hydrogens is 893 g/mol. The predicted octanol–water partition coefficient (Wildman–Crippen LogP) is 17.3. The van der Waals surface area contributed by atoms with Gasteiger partial charge in [0, 0.05) is 42.8 Å². The van der Waals surface area contributed by atoms with Gasteiger partial charge >= 0.3 is 0 Å². The van der Waals surface area contributed by atoms with Gasteiger partial charge in [-0.2, -0.15) is 0 Å². The van der Waals surface area contributed by atoms with Crippen molar-refractivity contribution >= 4 is 55.4 Å². The van der Waals surface area contributed by atoms with Crippen LogP contribution in [0.3, 0.4) is 0 Å². The third kappa shape index (κ3) is 4.90. The molecule has 0 atom stereocenters. The van der Waals surface area contributed by atoms with Crippen molar-refractivity contribution in [1.82, 2.24) is 0 Å². The van der Waals surface area contributed by atoms with Crippen molar-refractivity contribution in [3.8, 4) is 23.0 Å². The molecule has 0 bridgehead atoms. The van der Waals surface area contributed by atoms with Gasteiger partial charge in [-0.3, -0.25) is 0 Å². The van der Waals surface area contributed by atoms with Crippen LogP contribution in [0.5, 0.6) is 23.0 Å². The van der Waals surface area contributed by atoms with Gasteiger partial charge in [-0.15, -0.1) is 22.7 Å². The average molecular weight is 939 g/mol. The summed E-state index contributed by atoms with van der Waals surface area (Å²) >= 11 is 3.85. The van der Waals surface area contributed by atoms with Crippen molar-refractivity contribution in [2.24, 2.45) is 0 Å². The smallest absolute Gasteiger partial charge is 0.132 e. The zero-order valence-corrected chi connectivity index (χ0v) is 40.8. The quantitative estimate of drug-likeness (QED) is 0.172. The number of para-hydroxylation sites is 8. The number of hydrogen-bond acceptors (Lipinski definition) is 6. The maximum Gasteiger partial charge on any atom is 0.132 e. The maximum atomic E-state index is 7.03. The fraction of sp³-hybridized carbons (Fsp3) is 0.125. The highest BCUT2D eigenvalue weighted by molar-refractivity contribution is 7.18. The Hall–Kier alpha value is -7.64. The van der Waals surface area contributed by atoms with Crippen LogP contribution in [0, 0.1) is 0 Å². The standard InChI is InChI=1S/C64H46N2O2S2/c1-61(2)39-21-5-13-29-49(39)65(50-30-14-6-22-40(50)61)57-37-47-59(69-57)64(45-27-11-19-35-55(45)68-56-36-20-12-28-46(56)64)48-38-58(66-51-31-15-7-23-41(51)62(3,4)42-24-8-16-32-52(42)66)70-60(48)63(47)43-25-9-17-33-53(43)67-54-34-18-10-26-44(54)63/h5-38H,1-4H3. The molecule has 6 heterocycles. The largest absolute Gasteiger partial charge is 0.457 e. The van der Waals surface area contributed by atoms with Crippen LogP contribution >= 0.6 is 22.7 Å². The summed E-state index contributed by atoms with van der Waals surface area (Å²) in [7, 11) is 0. The van der Waals surface area contributed by atoms with Gasteiger partial charge in [-0.05, 0) is 94.0 Å².